The van der Waals surface area contributed by atoms with E-state index in [0.717, 1.165) is 0 Å². The van der Waals surface area contributed by atoms with Gasteiger partial charge in [0, 0.05) is 11.3 Å². The van der Waals surface area contributed by atoms with E-state index in [1.54, 1.807) is 12.1 Å². The molecule has 1 atom stereocenters. The van der Waals surface area contributed by atoms with E-state index in [9.17, 15) is 5.11 Å². The van der Waals surface area contributed by atoms with Crippen LogP contribution < -0.4 is 10.5 Å². The fourth-order valence-electron chi connectivity index (χ4n) is 1.25. The number of rotatable bonds is 3. The van der Waals surface area contributed by atoms with Gasteiger partial charge in [0.05, 0.1) is 18.2 Å². The molecule has 0 heterocycles. The maximum Gasteiger partial charge on any atom is 0.137 e. The highest BCUT2D eigenvalue weighted by molar-refractivity contribution is 6.32. The molecule has 3 nitrogen and oxygen atoms in total. The van der Waals surface area contributed by atoms with Gasteiger partial charge in [0.1, 0.15) is 5.75 Å². The fraction of sp³-hybridized carbons (Fsp3) is 0.400. The highest BCUT2D eigenvalue weighted by Crippen LogP contribution is 2.33. The van der Waals surface area contributed by atoms with Gasteiger partial charge in [-0.15, -0.1) is 0 Å². The molecule has 3 N–H and O–H groups in total. The fourth-order valence-corrected chi connectivity index (χ4v) is 1.50. The number of benzene rings is 1. The summed E-state index contributed by atoms with van der Waals surface area (Å²) in [6, 6.07) is 3.26. The second kappa shape index (κ2) is 4.53. The number of ether oxygens (including phenoxy) is 1. The third-order valence-electron chi connectivity index (χ3n) is 2.10. The zero-order valence-electron chi connectivity index (χ0n) is 8.25. The SMILES string of the molecule is CCC(O)c1cc(OC)c(Cl)cc1N. The molecule has 1 rings (SSSR count). The second-order valence-electron chi connectivity index (χ2n) is 3.04. The summed E-state index contributed by atoms with van der Waals surface area (Å²) in [4.78, 5) is 0. The Morgan fingerprint density at radius 3 is 2.71 bits per heavy atom. The number of nitrogen functional groups attached to an aromatic ring is 1. The second-order valence-corrected chi connectivity index (χ2v) is 3.45. The Hall–Kier alpha value is -0.930. The quantitative estimate of drug-likeness (QED) is 0.762. The summed E-state index contributed by atoms with van der Waals surface area (Å²) in [5.74, 6) is 0.531. The van der Waals surface area contributed by atoms with Crippen LogP contribution in [0.2, 0.25) is 5.02 Å². The molecule has 1 unspecified atom stereocenters. The van der Waals surface area contributed by atoms with E-state index in [1.165, 1.54) is 7.11 Å². The summed E-state index contributed by atoms with van der Waals surface area (Å²) in [6.45, 7) is 1.88. The lowest BCUT2D eigenvalue weighted by molar-refractivity contribution is 0.174. The molecule has 1 aromatic rings. The molecular formula is C10H14ClNO2. The van der Waals surface area contributed by atoms with Gasteiger partial charge in [0.15, 0.2) is 0 Å². The Kier molecular flexibility index (Phi) is 3.61. The van der Waals surface area contributed by atoms with Crippen LogP contribution in [0.5, 0.6) is 5.75 Å². The molecule has 0 fully saturated rings. The topological polar surface area (TPSA) is 55.5 Å². The van der Waals surface area contributed by atoms with Crippen LogP contribution in [-0.4, -0.2) is 12.2 Å². The first-order chi connectivity index (χ1) is 6.60. The van der Waals surface area contributed by atoms with E-state index >= 15 is 0 Å². The summed E-state index contributed by atoms with van der Waals surface area (Å²) >= 11 is 5.86. The number of hydrogen-bond donors (Lipinski definition) is 2. The van der Waals surface area contributed by atoms with Crippen LogP contribution in [0.1, 0.15) is 25.0 Å². The van der Waals surface area contributed by atoms with Crippen molar-refractivity contribution < 1.29 is 9.84 Å². The smallest absolute Gasteiger partial charge is 0.137 e. The maximum absolute atomic E-state index is 9.64. The van der Waals surface area contributed by atoms with E-state index in [4.69, 9.17) is 22.1 Å². The number of aliphatic hydroxyl groups excluding tert-OH is 1. The first kappa shape index (κ1) is 11.1. The van der Waals surface area contributed by atoms with Crippen molar-refractivity contribution in [1.29, 1.82) is 0 Å². The van der Waals surface area contributed by atoms with Crippen molar-refractivity contribution in [2.24, 2.45) is 0 Å². The molecule has 0 saturated carbocycles. The Morgan fingerprint density at radius 1 is 1.57 bits per heavy atom. The largest absolute Gasteiger partial charge is 0.495 e. The van der Waals surface area contributed by atoms with Gasteiger partial charge in [0.2, 0.25) is 0 Å². The van der Waals surface area contributed by atoms with Gasteiger partial charge in [-0.05, 0) is 18.6 Å². The lowest BCUT2D eigenvalue weighted by Crippen LogP contribution is -2.02. The minimum Gasteiger partial charge on any atom is -0.495 e. The third kappa shape index (κ3) is 2.11. The molecular weight excluding hydrogens is 202 g/mol. The number of aliphatic hydroxyl groups is 1. The Labute approximate surface area is 88.4 Å². The van der Waals surface area contributed by atoms with Gasteiger partial charge in [-0.1, -0.05) is 18.5 Å². The average molecular weight is 216 g/mol. The van der Waals surface area contributed by atoms with Gasteiger partial charge in [-0.3, -0.25) is 0 Å². The molecule has 1 aromatic carbocycles. The third-order valence-corrected chi connectivity index (χ3v) is 2.40. The zero-order chi connectivity index (χ0) is 10.7. The number of anilines is 1. The zero-order valence-corrected chi connectivity index (χ0v) is 9.01. The van der Waals surface area contributed by atoms with E-state index in [2.05, 4.69) is 0 Å². The van der Waals surface area contributed by atoms with E-state index < -0.39 is 6.10 Å². The Bertz CT molecular complexity index is 328. The minimum absolute atomic E-state index is 0.456. The van der Waals surface area contributed by atoms with E-state index in [0.29, 0.717) is 28.4 Å². The number of halogens is 1. The predicted octanol–water partition coefficient (Wildman–Crippen LogP) is 2.37. The van der Waals surface area contributed by atoms with Crippen molar-refractivity contribution in [1.82, 2.24) is 0 Å². The summed E-state index contributed by atoms with van der Waals surface area (Å²) in [6.07, 6.45) is 0.0378. The predicted molar refractivity (Wildman–Crippen MR) is 57.7 cm³/mol. The summed E-state index contributed by atoms with van der Waals surface area (Å²) in [7, 11) is 1.53. The molecule has 0 aliphatic rings. The molecule has 14 heavy (non-hydrogen) atoms. The summed E-state index contributed by atoms with van der Waals surface area (Å²) in [5.41, 5.74) is 6.87. The van der Waals surface area contributed by atoms with Crippen LogP contribution >= 0.6 is 11.6 Å². The van der Waals surface area contributed by atoms with Gasteiger partial charge >= 0.3 is 0 Å². The van der Waals surface area contributed by atoms with Gasteiger partial charge < -0.3 is 15.6 Å². The molecule has 0 radical (unpaired) electrons. The average Bonchev–Trinajstić information content (AvgIpc) is 2.17. The highest BCUT2D eigenvalue weighted by atomic mass is 35.5. The molecule has 0 amide bonds. The van der Waals surface area contributed by atoms with Crippen molar-refractivity contribution in [3.05, 3.63) is 22.7 Å². The van der Waals surface area contributed by atoms with Gasteiger partial charge in [-0.25, -0.2) is 0 Å². The van der Waals surface area contributed by atoms with Crippen molar-refractivity contribution in [3.63, 3.8) is 0 Å². The van der Waals surface area contributed by atoms with Crippen LogP contribution in [0, 0.1) is 0 Å². The normalized spacial score (nSPS) is 12.6. The number of methoxy groups -OCH3 is 1. The van der Waals surface area contributed by atoms with Gasteiger partial charge in [-0.2, -0.15) is 0 Å². The Balaban J connectivity index is 3.17. The van der Waals surface area contributed by atoms with Crippen LogP contribution in [-0.2, 0) is 0 Å². The number of hydrogen-bond acceptors (Lipinski definition) is 3. The monoisotopic (exact) mass is 215 g/mol. The van der Waals surface area contributed by atoms with Crippen LogP contribution in [0.15, 0.2) is 12.1 Å². The van der Waals surface area contributed by atoms with Crippen molar-refractivity contribution in [2.45, 2.75) is 19.4 Å². The lowest BCUT2D eigenvalue weighted by atomic mass is 10.1. The molecule has 0 aromatic heterocycles. The molecule has 0 aliphatic heterocycles. The summed E-state index contributed by atoms with van der Waals surface area (Å²) < 4.78 is 5.04. The van der Waals surface area contributed by atoms with Crippen molar-refractivity contribution >= 4 is 17.3 Å². The standard InChI is InChI=1S/C10H14ClNO2/c1-3-9(13)6-4-10(14-2)7(11)5-8(6)12/h4-5,9,13H,3,12H2,1-2H3. The lowest BCUT2D eigenvalue weighted by Gasteiger charge is -2.13. The summed E-state index contributed by atoms with van der Waals surface area (Å²) in [5, 5.41) is 10.1. The molecule has 0 spiro atoms. The van der Waals surface area contributed by atoms with Crippen molar-refractivity contribution in [3.8, 4) is 5.75 Å². The van der Waals surface area contributed by atoms with E-state index in [-0.39, 0.29) is 0 Å². The first-order valence-electron chi connectivity index (χ1n) is 4.41. The van der Waals surface area contributed by atoms with Crippen LogP contribution in [0.3, 0.4) is 0 Å². The first-order valence-corrected chi connectivity index (χ1v) is 4.78. The molecule has 78 valence electrons. The molecule has 0 saturated heterocycles. The highest BCUT2D eigenvalue weighted by Gasteiger charge is 2.12. The molecule has 0 bridgehead atoms. The minimum atomic E-state index is -0.568. The maximum atomic E-state index is 9.64. The van der Waals surface area contributed by atoms with Crippen molar-refractivity contribution in [2.75, 3.05) is 12.8 Å². The molecule has 4 heteroatoms. The number of nitrogens with two attached hydrogens (primary N) is 1. The van der Waals surface area contributed by atoms with Crippen LogP contribution in [0.4, 0.5) is 5.69 Å². The Morgan fingerprint density at radius 2 is 2.21 bits per heavy atom. The van der Waals surface area contributed by atoms with Crippen LogP contribution in [0.25, 0.3) is 0 Å². The van der Waals surface area contributed by atoms with E-state index in [1.807, 2.05) is 6.92 Å². The van der Waals surface area contributed by atoms with Gasteiger partial charge in [0.25, 0.3) is 0 Å². The molecule has 0 aliphatic carbocycles.